The highest BCUT2D eigenvalue weighted by molar-refractivity contribution is 7.89. The van der Waals surface area contributed by atoms with Crippen LogP contribution in [0, 0.1) is 0 Å². The molecule has 136 valence electrons. The van der Waals surface area contributed by atoms with Crippen molar-refractivity contribution in [1.29, 1.82) is 0 Å². The average Bonchev–Trinajstić information content (AvgIpc) is 2.98. The molecule has 0 spiro atoms. The summed E-state index contributed by atoms with van der Waals surface area (Å²) in [5.41, 5.74) is 1.68. The Balaban J connectivity index is 2.24. The van der Waals surface area contributed by atoms with E-state index >= 15 is 0 Å². The second-order valence-corrected chi connectivity index (χ2v) is 9.22. The van der Waals surface area contributed by atoms with Gasteiger partial charge in [0.05, 0.1) is 9.77 Å². The Labute approximate surface area is 153 Å². The van der Waals surface area contributed by atoms with E-state index in [0.29, 0.717) is 10.6 Å². The lowest BCUT2D eigenvalue weighted by Crippen LogP contribution is -2.22. The van der Waals surface area contributed by atoms with Crippen molar-refractivity contribution >= 4 is 33.0 Å². The predicted octanol–water partition coefficient (Wildman–Crippen LogP) is 3.77. The summed E-state index contributed by atoms with van der Waals surface area (Å²) in [6.45, 7) is 4.20. The molecule has 0 aliphatic heterocycles. The Hall–Kier alpha value is -1.70. The molecule has 7 heteroatoms. The van der Waals surface area contributed by atoms with Crippen molar-refractivity contribution in [3.8, 4) is 0 Å². The van der Waals surface area contributed by atoms with E-state index in [9.17, 15) is 13.2 Å². The summed E-state index contributed by atoms with van der Waals surface area (Å²) in [5.74, 6) is -0.207. The van der Waals surface area contributed by atoms with E-state index in [0.717, 1.165) is 23.6 Å². The Kier molecular flexibility index (Phi) is 6.37. The second-order valence-electron chi connectivity index (χ2n) is 5.93. The largest absolute Gasteiger partial charge is 0.321 e. The Morgan fingerprint density at radius 3 is 2.52 bits per heavy atom. The number of benzene rings is 1. The van der Waals surface area contributed by atoms with Gasteiger partial charge in [0.2, 0.25) is 10.0 Å². The molecule has 2 rings (SSSR count). The van der Waals surface area contributed by atoms with E-state index in [1.807, 2.05) is 6.07 Å². The fourth-order valence-electron chi connectivity index (χ4n) is 2.45. The van der Waals surface area contributed by atoms with Crippen LogP contribution in [0.25, 0.3) is 0 Å². The van der Waals surface area contributed by atoms with Crippen LogP contribution in [0.2, 0.25) is 0 Å². The first-order valence-electron chi connectivity index (χ1n) is 8.25. The van der Waals surface area contributed by atoms with Crippen molar-refractivity contribution in [2.75, 3.05) is 19.4 Å². The maximum Gasteiger partial charge on any atom is 0.265 e. The fraction of sp³-hybridized carbons (Fsp3) is 0.389. The number of sulfonamides is 1. The van der Waals surface area contributed by atoms with Crippen molar-refractivity contribution < 1.29 is 13.2 Å². The molecule has 0 radical (unpaired) electrons. The summed E-state index contributed by atoms with van der Waals surface area (Å²) >= 11 is 1.51. The lowest BCUT2D eigenvalue weighted by Gasteiger charge is -2.12. The molecule has 0 aliphatic carbocycles. The average molecular weight is 381 g/mol. The Morgan fingerprint density at radius 2 is 1.92 bits per heavy atom. The van der Waals surface area contributed by atoms with Crippen molar-refractivity contribution in [2.45, 2.75) is 38.0 Å². The van der Waals surface area contributed by atoms with Crippen LogP contribution in [0.1, 0.15) is 40.4 Å². The van der Waals surface area contributed by atoms with Crippen molar-refractivity contribution in [1.82, 2.24) is 4.31 Å². The van der Waals surface area contributed by atoms with E-state index in [-0.39, 0.29) is 10.8 Å². The number of thiophene rings is 1. The van der Waals surface area contributed by atoms with Gasteiger partial charge in [0.1, 0.15) is 0 Å². The molecule has 0 saturated heterocycles. The molecule has 1 heterocycles. The number of amides is 1. The number of aryl methyl sites for hydroxylation is 2. The maximum absolute atomic E-state index is 12.5. The molecule has 25 heavy (non-hydrogen) atoms. The summed E-state index contributed by atoms with van der Waals surface area (Å²) in [7, 11) is -0.569. The van der Waals surface area contributed by atoms with Crippen LogP contribution in [0.4, 0.5) is 5.69 Å². The first-order chi connectivity index (χ1) is 11.8. The first-order valence-corrected chi connectivity index (χ1v) is 10.5. The highest BCUT2D eigenvalue weighted by Gasteiger charge is 2.18. The summed E-state index contributed by atoms with van der Waals surface area (Å²) in [5, 5.41) is 2.80. The third-order valence-electron chi connectivity index (χ3n) is 3.85. The fourth-order valence-corrected chi connectivity index (χ4v) is 4.65. The third kappa shape index (κ3) is 4.48. The molecular weight excluding hydrogens is 356 g/mol. The van der Waals surface area contributed by atoms with Crippen LogP contribution < -0.4 is 5.32 Å². The maximum atomic E-state index is 12.5. The molecule has 1 aromatic heterocycles. The van der Waals surface area contributed by atoms with Crippen LogP contribution in [-0.4, -0.2) is 32.7 Å². The summed E-state index contributed by atoms with van der Waals surface area (Å²) in [6, 6.07) is 8.25. The molecule has 0 aliphatic rings. The number of hydrogen-bond donors (Lipinski definition) is 1. The molecular formula is C18H24N2O3S2. The van der Waals surface area contributed by atoms with Crippen LogP contribution in [-0.2, 0) is 22.9 Å². The molecule has 1 amide bonds. The lowest BCUT2D eigenvalue weighted by atomic mass is 10.1. The molecule has 0 bridgehead atoms. The number of carbonyl (C=O) groups is 1. The summed E-state index contributed by atoms with van der Waals surface area (Å²) in [4.78, 5) is 14.6. The van der Waals surface area contributed by atoms with E-state index in [2.05, 4.69) is 19.2 Å². The molecule has 0 atom stereocenters. The van der Waals surface area contributed by atoms with Gasteiger partial charge in [-0.1, -0.05) is 26.3 Å². The molecule has 1 N–H and O–H groups in total. The molecule has 0 fully saturated rings. The molecule has 0 unspecified atom stereocenters. The molecule has 2 aromatic rings. The molecule has 5 nitrogen and oxygen atoms in total. The lowest BCUT2D eigenvalue weighted by molar-refractivity contribution is 0.103. The van der Waals surface area contributed by atoms with Gasteiger partial charge in [-0.05, 0) is 42.7 Å². The topological polar surface area (TPSA) is 66.5 Å². The third-order valence-corrected chi connectivity index (χ3v) is 6.90. The Morgan fingerprint density at radius 1 is 1.20 bits per heavy atom. The first kappa shape index (κ1) is 19.6. The number of rotatable bonds is 7. The minimum atomic E-state index is -3.53. The van der Waals surface area contributed by atoms with Gasteiger partial charge in [0.15, 0.2) is 0 Å². The predicted molar refractivity (Wildman–Crippen MR) is 103 cm³/mol. The van der Waals surface area contributed by atoms with Crippen LogP contribution in [0.5, 0.6) is 0 Å². The van der Waals surface area contributed by atoms with Crippen LogP contribution in [0.15, 0.2) is 35.2 Å². The minimum Gasteiger partial charge on any atom is -0.321 e. The van der Waals surface area contributed by atoms with E-state index in [1.54, 1.807) is 12.1 Å². The number of carbonyl (C=O) groups excluding carboxylic acids is 1. The zero-order chi connectivity index (χ0) is 18.6. The van der Waals surface area contributed by atoms with Crippen molar-refractivity contribution in [2.24, 2.45) is 0 Å². The quantitative estimate of drug-likeness (QED) is 0.795. The monoisotopic (exact) mass is 380 g/mol. The van der Waals surface area contributed by atoms with Crippen molar-refractivity contribution in [3.63, 3.8) is 0 Å². The smallest absolute Gasteiger partial charge is 0.265 e. The van der Waals surface area contributed by atoms with E-state index in [1.165, 1.54) is 48.0 Å². The molecule has 1 aromatic carbocycles. The van der Waals surface area contributed by atoms with Gasteiger partial charge >= 0.3 is 0 Å². The van der Waals surface area contributed by atoms with Gasteiger partial charge in [-0.25, -0.2) is 12.7 Å². The van der Waals surface area contributed by atoms with Crippen molar-refractivity contribution in [3.05, 3.63) is 45.6 Å². The minimum absolute atomic E-state index is 0.155. The van der Waals surface area contributed by atoms with Gasteiger partial charge in [0.25, 0.3) is 5.91 Å². The van der Waals surface area contributed by atoms with Gasteiger partial charge in [-0.2, -0.15) is 0 Å². The normalized spacial score (nSPS) is 11.7. The van der Waals surface area contributed by atoms with Gasteiger partial charge in [0, 0.05) is 24.7 Å². The Bertz CT molecular complexity index is 855. The second kappa shape index (κ2) is 8.12. The zero-order valence-electron chi connectivity index (χ0n) is 15.0. The van der Waals surface area contributed by atoms with E-state index in [4.69, 9.17) is 0 Å². The number of hydrogen-bond acceptors (Lipinski definition) is 4. The van der Waals surface area contributed by atoms with Gasteiger partial charge < -0.3 is 5.32 Å². The highest BCUT2D eigenvalue weighted by Crippen LogP contribution is 2.26. The van der Waals surface area contributed by atoms with Crippen LogP contribution in [0.3, 0.4) is 0 Å². The number of nitrogens with one attached hydrogen (secondary N) is 1. The summed E-state index contributed by atoms with van der Waals surface area (Å²) < 4.78 is 25.6. The summed E-state index contributed by atoms with van der Waals surface area (Å²) in [6.07, 6.45) is 2.91. The SMILES string of the molecule is CCCc1sc(C(=O)Nc2cccc(S(=O)(=O)N(C)C)c2)cc1CC. The van der Waals surface area contributed by atoms with Gasteiger partial charge in [-0.15, -0.1) is 11.3 Å². The molecule has 0 saturated carbocycles. The zero-order valence-corrected chi connectivity index (χ0v) is 16.6. The highest BCUT2D eigenvalue weighted by atomic mass is 32.2. The van der Waals surface area contributed by atoms with E-state index < -0.39 is 10.0 Å². The van der Waals surface area contributed by atoms with Crippen LogP contribution >= 0.6 is 11.3 Å². The standard InChI is InChI=1S/C18H24N2O3S2/c1-5-8-16-13(6-2)11-17(24-16)18(21)19-14-9-7-10-15(12-14)25(22,23)20(3)4/h7,9-12H,5-6,8H2,1-4H3,(H,19,21). The van der Waals surface area contributed by atoms with Gasteiger partial charge in [-0.3, -0.25) is 4.79 Å². The number of nitrogens with zero attached hydrogens (tertiary/aromatic N) is 1. The number of anilines is 1.